The molecule has 1 aliphatic rings. The van der Waals surface area contributed by atoms with Crippen molar-refractivity contribution in [1.82, 2.24) is 4.98 Å². The van der Waals surface area contributed by atoms with Crippen molar-refractivity contribution < 1.29 is 52.6 Å². The number of nitro benzene ring substituents is 1. The second-order valence-electron chi connectivity index (χ2n) is 8.43. The number of nitrogens with one attached hydrogen (secondary N) is 1. The molecule has 2 aromatic rings. The van der Waals surface area contributed by atoms with Crippen LogP contribution in [-0.2, 0) is 42.9 Å². The first-order chi connectivity index (χ1) is 18.8. The number of anilines is 1. The van der Waals surface area contributed by atoms with Crippen molar-refractivity contribution in [3.8, 4) is 0 Å². The topological polar surface area (TPSA) is 200 Å². The van der Waals surface area contributed by atoms with E-state index < -0.39 is 71.8 Å². The van der Waals surface area contributed by atoms with E-state index in [1.807, 2.05) is 0 Å². The number of thiazole rings is 1. The number of esters is 4. The summed E-state index contributed by atoms with van der Waals surface area (Å²) in [6, 6.07) is 5.02. The largest absolute Gasteiger partial charge is 0.463 e. The highest BCUT2D eigenvalue weighted by molar-refractivity contribution is 7.17. The molecule has 1 aromatic heterocycles. The third kappa shape index (κ3) is 7.79. The number of nitrogens with zero attached hydrogens (tertiary/aromatic N) is 2. The van der Waals surface area contributed by atoms with Gasteiger partial charge in [0, 0.05) is 45.4 Å². The summed E-state index contributed by atoms with van der Waals surface area (Å²) in [7, 11) is 0. The third-order valence-electron chi connectivity index (χ3n) is 5.33. The van der Waals surface area contributed by atoms with Crippen LogP contribution in [0.5, 0.6) is 0 Å². The Bertz CT molecular complexity index is 1290. The number of nitro groups is 1. The molecule has 1 saturated heterocycles. The van der Waals surface area contributed by atoms with Gasteiger partial charge in [0.1, 0.15) is 12.7 Å². The van der Waals surface area contributed by atoms with E-state index in [1.165, 1.54) is 30.5 Å². The summed E-state index contributed by atoms with van der Waals surface area (Å²) >= 11 is 0.902. The average molecular weight is 580 g/mol. The van der Waals surface area contributed by atoms with Crippen LogP contribution in [0.1, 0.15) is 42.9 Å². The molecule has 1 N–H and O–H groups in total. The maximum absolute atomic E-state index is 12.9. The Morgan fingerprint density at radius 3 is 2.05 bits per heavy atom. The van der Waals surface area contributed by atoms with Gasteiger partial charge in [-0.1, -0.05) is 11.3 Å². The van der Waals surface area contributed by atoms with Crippen LogP contribution in [-0.4, -0.2) is 76.8 Å². The van der Waals surface area contributed by atoms with E-state index in [0.29, 0.717) is 0 Å². The fourth-order valence-corrected chi connectivity index (χ4v) is 4.59. The lowest BCUT2D eigenvalue weighted by Gasteiger charge is -2.44. The Hall–Kier alpha value is -4.44. The molecule has 15 nitrogen and oxygen atoms in total. The Kier molecular flexibility index (Phi) is 9.84. The number of non-ortho nitro benzene ring substituents is 1. The summed E-state index contributed by atoms with van der Waals surface area (Å²) in [6.07, 6.45) is -5.23. The highest BCUT2D eigenvalue weighted by atomic mass is 32.1. The molecule has 0 radical (unpaired) electrons. The number of ketones is 1. The van der Waals surface area contributed by atoms with Gasteiger partial charge in [-0.05, 0) is 12.1 Å². The summed E-state index contributed by atoms with van der Waals surface area (Å²) in [5.41, 5.74) is 0.0139. The van der Waals surface area contributed by atoms with Crippen LogP contribution in [0.2, 0.25) is 0 Å². The Morgan fingerprint density at radius 1 is 0.925 bits per heavy atom. The molecule has 0 amide bonds. The van der Waals surface area contributed by atoms with Gasteiger partial charge in [0.2, 0.25) is 5.78 Å². The molecule has 3 rings (SSSR count). The molecule has 16 heteroatoms. The van der Waals surface area contributed by atoms with Crippen LogP contribution in [0.4, 0.5) is 10.8 Å². The third-order valence-corrected chi connectivity index (χ3v) is 6.25. The van der Waals surface area contributed by atoms with Crippen molar-refractivity contribution in [3.63, 3.8) is 0 Å². The van der Waals surface area contributed by atoms with Crippen LogP contribution in [0.25, 0.3) is 0 Å². The predicted molar refractivity (Wildman–Crippen MR) is 134 cm³/mol. The molecule has 0 spiro atoms. The molecule has 5 atom stereocenters. The first kappa shape index (κ1) is 30.1. The van der Waals surface area contributed by atoms with E-state index in [0.717, 1.165) is 39.0 Å². The van der Waals surface area contributed by atoms with Gasteiger partial charge in [-0.25, -0.2) is 4.98 Å². The van der Waals surface area contributed by atoms with E-state index >= 15 is 0 Å². The Morgan fingerprint density at radius 2 is 1.50 bits per heavy atom. The number of hydrogen-bond acceptors (Lipinski definition) is 15. The van der Waals surface area contributed by atoms with Crippen LogP contribution < -0.4 is 5.32 Å². The Labute approximate surface area is 230 Å². The number of hydrogen-bond donors (Lipinski definition) is 1. The Balaban J connectivity index is 1.91. The molecular weight excluding hydrogens is 554 g/mol. The van der Waals surface area contributed by atoms with E-state index in [4.69, 9.17) is 23.7 Å². The van der Waals surface area contributed by atoms with Crippen molar-refractivity contribution in [2.24, 2.45) is 0 Å². The lowest BCUT2D eigenvalue weighted by molar-refractivity contribution is -0.384. The molecule has 40 heavy (non-hydrogen) atoms. The van der Waals surface area contributed by atoms with E-state index in [9.17, 15) is 34.1 Å². The first-order valence-electron chi connectivity index (χ1n) is 11.7. The number of rotatable bonds is 10. The molecule has 0 bridgehead atoms. The van der Waals surface area contributed by atoms with E-state index in [2.05, 4.69) is 10.3 Å². The number of ether oxygens (including phenoxy) is 5. The minimum Gasteiger partial charge on any atom is -0.463 e. The highest BCUT2D eigenvalue weighted by Gasteiger charge is 2.52. The van der Waals surface area contributed by atoms with Crippen LogP contribution in [0, 0.1) is 10.1 Å². The van der Waals surface area contributed by atoms with Crippen LogP contribution >= 0.6 is 11.3 Å². The molecule has 0 unspecified atom stereocenters. The molecular formula is C24H25N3O12S. The quantitative estimate of drug-likeness (QED) is 0.140. The zero-order valence-corrected chi connectivity index (χ0v) is 22.5. The number of aromatic nitrogens is 1. The van der Waals surface area contributed by atoms with Gasteiger partial charge in [0.15, 0.2) is 29.7 Å². The normalized spacial score (nSPS) is 21.9. The molecule has 1 aliphatic heterocycles. The number of carbonyl (C=O) groups is 5. The van der Waals surface area contributed by atoms with Gasteiger partial charge in [-0.15, -0.1) is 0 Å². The SMILES string of the molecule is CC(=O)OC[C@H]1O[C@@H](Nc2ncc(C(=O)c3ccc([N+](=O)[O-])cc3)s2)[C@@H](OC(C)=O)[C@@H](OC(C)=O)[C@@H]1OC(C)=O. The van der Waals surface area contributed by atoms with E-state index in [1.54, 1.807) is 0 Å². The monoisotopic (exact) mass is 579 g/mol. The fourth-order valence-electron chi connectivity index (χ4n) is 3.79. The van der Waals surface area contributed by atoms with Gasteiger partial charge in [0.25, 0.3) is 5.69 Å². The van der Waals surface area contributed by atoms with Crippen molar-refractivity contribution >= 4 is 51.8 Å². The van der Waals surface area contributed by atoms with Gasteiger partial charge in [0.05, 0.1) is 16.0 Å². The maximum Gasteiger partial charge on any atom is 0.303 e. The lowest BCUT2D eigenvalue weighted by atomic mass is 9.97. The maximum atomic E-state index is 12.9. The van der Waals surface area contributed by atoms with Crippen molar-refractivity contribution in [2.75, 3.05) is 11.9 Å². The van der Waals surface area contributed by atoms with Gasteiger partial charge >= 0.3 is 23.9 Å². The lowest BCUT2D eigenvalue weighted by Crippen LogP contribution is -2.64. The van der Waals surface area contributed by atoms with E-state index in [-0.39, 0.29) is 21.3 Å². The van der Waals surface area contributed by atoms with Gasteiger partial charge < -0.3 is 29.0 Å². The van der Waals surface area contributed by atoms with Gasteiger partial charge in [-0.3, -0.25) is 34.1 Å². The molecule has 1 fully saturated rings. The molecule has 0 aliphatic carbocycles. The number of benzene rings is 1. The van der Waals surface area contributed by atoms with Crippen molar-refractivity contribution in [2.45, 2.75) is 58.3 Å². The minimum absolute atomic E-state index is 0.131. The van der Waals surface area contributed by atoms with Crippen molar-refractivity contribution in [1.29, 1.82) is 0 Å². The molecule has 2 heterocycles. The second kappa shape index (κ2) is 13.1. The fraction of sp³-hybridized carbons (Fsp3) is 0.417. The van der Waals surface area contributed by atoms with Gasteiger partial charge in [-0.2, -0.15) is 0 Å². The summed E-state index contributed by atoms with van der Waals surface area (Å²) in [6.45, 7) is 4.07. The molecule has 214 valence electrons. The number of carbonyl (C=O) groups excluding carboxylic acids is 5. The minimum atomic E-state index is -1.38. The first-order valence-corrected chi connectivity index (χ1v) is 12.5. The summed E-state index contributed by atoms with van der Waals surface area (Å²) in [4.78, 5) is 74.7. The van der Waals surface area contributed by atoms with Crippen LogP contribution in [0.3, 0.4) is 0 Å². The zero-order chi connectivity index (χ0) is 29.6. The summed E-state index contributed by atoms with van der Waals surface area (Å²) in [5.74, 6) is -3.43. The average Bonchev–Trinajstić information content (AvgIpc) is 3.33. The summed E-state index contributed by atoms with van der Waals surface area (Å²) in [5, 5.41) is 13.9. The second-order valence-corrected chi connectivity index (χ2v) is 9.46. The predicted octanol–water partition coefficient (Wildman–Crippen LogP) is 1.78. The molecule has 1 aromatic carbocycles. The highest BCUT2D eigenvalue weighted by Crippen LogP contribution is 2.31. The standard InChI is InChI=1S/C24H25N3O12S/c1-11(28)35-10-17-20(36-12(2)29)21(37-13(3)30)22(38-14(4)31)23(39-17)26-24-25-9-18(40-24)19(32)15-5-7-16(8-6-15)27(33)34/h5-9,17,20-23H,10H2,1-4H3,(H,25,26)/t17-,20-,21+,22+,23-/m1/s1. The molecule has 0 saturated carbocycles. The van der Waals surface area contributed by atoms with Crippen LogP contribution in [0.15, 0.2) is 30.5 Å². The van der Waals surface area contributed by atoms with Crippen molar-refractivity contribution in [3.05, 3.63) is 51.0 Å². The summed E-state index contributed by atoms with van der Waals surface area (Å²) < 4.78 is 27.1. The zero-order valence-electron chi connectivity index (χ0n) is 21.7. The smallest absolute Gasteiger partial charge is 0.303 e.